The Balaban J connectivity index is 1.54. The number of aryl methyl sites for hydroxylation is 1. The number of rotatable bonds is 6. The van der Waals surface area contributed by atoms with Crippen LogP contribution in [0.2, 0.25) is 0 Å². The summed E-state index contributed by atoms with van der Waals surface area (Å²) in [5.41, 5.74) is 1.09. The SMILES string of the molecule is O=C(CC1CCCCC1)NCCCc1cnoc1. The summed E-state index contributed by atoms with van der Waals surface area (Å²) in [5, 5.41) is 6.65. The lowest BCUT2D eigenvalue weighted by Crippen LogP contribution is -2.27. The maximum absolute atomic E-state index is 11.7. The molecule has 18 heavy (non-hydrogen) atoms. The van der Waals surface area contributed by atoms with Gasteiger partial charge in [-0.1, -0.05) is 24.4 Å². The zero-order valence-corrected chi connectivity index (χ0v) is 10.9. The van der Waals surface area contributed by atoms with Gasteiger partial charge in [0.25, 0.3) is 0 Å². The first-order valence-corrected chi connectivity index (χ1v) is 6.99. The van der Waals surface area contributed by atoms with E-state index >= 15 is 0 Å². The fraction of sp³-hybridized carbons (Fsp3) is 0.714. The molecule has 1 N–H and O–H groups in total. The minimum Gasteiger partial charge on any atom is -0.364 e. The average molecular weight is 250 g/mol. The zero-order valence-electron chi connectivity index (χ0n) is 10.9. The third-order valence-corrected chi connectivity index (χ3v) is 3.65. The predicted molar refractivity (Wildman–Crippen MR) is 69.0 cm³/mol. The largest absolute Gasteiger partial charge is 0.364 e. The fourth-order valence-electron chi connectivity index (χ4n) is 2.60. The van der Waals surface area contributed by atoms with Gasteiger partial charge < -0.3 is 9.84 Å². The van der Waals surface area contributed by atoms with Crippen LogP contribution in [0.1, 0.15) is 50.5 Å². The number of aromatic nitrogens is 1. The van der Waals surface area contributed by atoms with Gasteiger partial charge in [0.1, 0.15) is 6.26 Å². The van der Waals surface area contributed by atoms with E-state index in [0.717, 1.165) is 24.9 Å². The molecule has 1 aliphatic rings. The molecule has 0 bridgehead atoms. The molecule has 1 aliphatic carbocycles. The number of hydrogen-bond acceptors (Lipinski definition) is 3. The molecule has 1 amide bonds. The monoisotopic (exact) mass is 250 g/mol. The molecule has 4 nitrogen and oxygen atoms in total. The summed E-state index contributed by atoms with van der Waals surface area (Å²) in [6.07, 6.45) is 12.3. The smallest absolute Gasteiger partial charge is 0.220 e. The first kappa shape index (κ1) is 13.1. The first-order chi connectivity index (χ1) is 8.84. The normalized spacial score (nSPS) is 16.7. The lowest BCUT2D eigenvalue weighted by molar-refractivity contribution is -0.122. The van der Waals surface area contributed by atoms with Crippen LogP contribution in [-0.4, -0.2) is 17.6 Å². The molecule has 1 aromatic rings. The summed E-state index contributed by atoms with van der Waals surface area (Å²) >= 11 is 0. The number of amides is 1. The average Bonchev–Trinajstić information content (AvgIpc) is 2.89. The number of carbonyl (C=O) groups is 1. The second-order valence-corrected chi connectivity index (χ2v) is 5.19. The summed E-state index contributed by atoms with van der Waals surface area (Å²) in [4.78, 5) is 11.7. The fourth-order valence-corrected chi connectivity index (χ4v) is 2.60. The Morgan fingerprint density at radius 3 is 2.94 bits per heavy atom. The summed E-state index contributed by atoms with van der Waals surface area (Å²) in [6.45, 7) is 0.747. The maximum Gasteiger partial charge on any atom is 0.220 e. The number of hydrogen-bond donors (Lipinski definition) is 1. The minimum atomic E-state index is 0.215. The Morgan fingerprint density at radius 2 is 2.22 bits per heavy atom. The van der Waals surface area contributed by atoms with Crippen molar-refractivity contribution in [3.63, 3.8) is 0 Å². The van der Waals surface area contributed by atoms with E-state index in [0.29, 0.717) is 12.3 Å². The van der Waals surface area contributed by atoms with Crippen molar-refractivity contribution in [3.8, 4) is 0 Å². The lowest BCUT2D eigenvalue weighted by atomic mass is 9.87. The molecule has 100 valence electrons. The standard InChI is InChI=1S/C14H22N2O2/c17-14(9-12-5-2-1-3-6-12)15-8-4-7-13-10-16-18-11-13/h10-12H,1-9H2,(H,15,17). The van der Waals surface area contributed by atoms with E-state index in [1.54, 1.807) is 12.5 Å². The van der Waals surface area contributed by atoms with Crippen LogP contribution in [0.4, 0.5) is 0 Å². The highest BCUT2D eigenvalue weighted by atomic mass is 16.5. The maximum atomic E-state index is 11.7. The molecule has 1 aromatic heterocycles. The molecular weight excluding hydrogens is 228 g/mol. The van der Waals surface area contributed by atoms with Gasteiger partial charge in [-0.05, 0) is 31.6 Å². The van der Waals surface area contributed by atoms with Gasteiger partial charge in [0.2, 0.25) is 5.91 Å². The molecule has 0 spiro atoms. The van der Waals surface area contributed by atoms with E-state index in [1.165, 1.54) is 32.1 Å². The van der Waals surface area contributed by atoms with Gasteiger partial charge in [-0.25, -0.2) is 0 Å². The molecule has 0 radical (unpaired) electrons. The Bertz CT molecular complexity index is 343. The molecule has 0 aromatic carbocycles. The van der Waals surface area contributed by atoms with E-state index < -0.39 is 0 Å². The van der Waals surface area contributed by atoms with Crippen LogP contribution < -0.4 is 5.32 Å². The molecule has 1 fully saturated rings. The zero-order chi connectivity index (χ0) is 12.6. The highest BCUT2D eigenvalue weighted by Gasteiger charge is 2.16. The van der Waals surface area contributed by atoms with Gasteiger partial charge in [-0.3, -0.25) is 4.79 Å². The number of nitrogens with zero attached hydrogens (tertiary/aromatic N) is 1. The van der Waals surface area contributed by atoms with E-state index in [1.807, 2.05) is 0 Å². The van der Waals surface area contributed by atoms with Gasteiger partial charge in [0.05, 0.1) is 6.20 Å². The number of carbonyl (C=O) groups excluding carboxylic acids is 1. The minimum absolute atomic E-state index is 0.215. The van der Waals surface area contributed by atoms with Crippen molar-refractivity contribution in [2.45, 2.75) is 51.4 Å². The van der Waals surface area contributed by atoms with E-state index in [-0.39, 0.29) is 5.91 Å². The molecule has 4 heteroatoms. The Hall–Kier alpha value is -1.32. The van der Waals surface area contributed by atoms with Gasteiger partial charge >= 0.3 is 0 Å². The topological polar surface area (TPSA) is 55.1 Å². The van der Waals surface area contributed by atoms with Crippen LogP contribution in [0.5, 0.6) is 0 Å². The van der Waals surface area contributed by atoms with Crippen LogP contribution in [0.3, 0.4) is 0 Å². The van der Waals surface area contributed by atoms with Crippen LogP contribution >= 0.6 is 0 Å². The Labute approximate surface area is 108 Å². The highest BCUT2D eigenvalue weighted by Crippen LogP contribution is 2.25. The number of nitrogens with one attached hydrogen (secondary N) is 1. The molecule has 0 saturated heterocycles. The second kappa shape index (κ2) is 7.19. The summed E-state index contributed by atoms with van der Waals surface area (Å²) < 4.78 is 4.76. The van der Waals surface area contributed by atoms with Crippen molar-refractivity contribution in [2.24, 2.45) is 5.92 Å². The van der Waals surface area contributed by atoms with Crippen LogP contribution in [0.15, 0.2) is 17.0 Å². The van der Waals surface area contributed by atoms with Gasteiger partial charge in [-0.15, -0.1) is 0 Å². The summed E-state index contributed by atoms with van der Waals surface area (Å²) in [6, 6.07) is 0. The predicted octanol–water partition coefficient (Wildman–Crippen LogP) is 2.69. The van der Waals surface area contributed by atoms with E-state index in [9.17, 15) is 4.79 Å². The van der Waals surface area contributed by atoms with Crippen molar-refractivity contribution in [2.75, 3.05) is 6.54 Å². The van der Waals surface area contributed by atoms with Crippen LogP contribution in [0, 0.1) is 5.92 Å². The molecule has 0 atom stereocenters. The molecular formula is C14H22N2O2. The molecule has 0 unspecified atom stereocenters. The Kier molecular flexibility index (Phi) is 5.24. The molecule has 1 saturated carbocycles. The molecule has 2 rings (SSSR count). The first-order valence-electron chi connectivity index (χ1n) is 6.99. The van der Waals surface area contributed by atoms with Crippen molar-refractivity contribution in [3.05, 3.63) is 18.0 Å². The van der Waals surface area contributed by atoms with Gasteiger partial charge in [0, 0.05) is 18.5 Å². The van der Waals surface area contributed by atoms with Gasteiger partial charge in [-0.2, -0.15) is 0 Å². The molecule has 0 aliphatic heterocycles. The molecule has 1 heterocycles. The summed E-state index contributed by atoms with van der Waals surface area (Å²) in [5.74, 6) is 0.837. The van der Waals surface area contributed by atoms with Crippen molar-refractivity contribution < 1.29 is 9.32 Å². The van der Waals surface area contributed by atoms with Gasteiger partial charge in [0.15, 0.2) is 0 Å². The second-order valence-electron chi connectivity index (χ2n) is 5.19. The quantitative estimate of drug-likeness (QED) is 0.790. The van der Waals surface area contributed by atoms with Crippen molar-refractivity contribution in [1.29, 1.82) is 0 Å². The Morgan fingerprint density at radius 1 is 1.39 bits per heavy atom. The third-order valence-electron chi connectivity index (χ3n) is 3.65. The van der Waals surface area contributed by atoms with Crippen molar-refractivity contribution >= 4 is 5.91 Å². The summed E-state index contributed by atoms with van der Waals surface area (Å²) in [7, 11) is 0. The van der Waals surface area contributed by atoms with E-state index in [2.05, 4.69) is 10.5 Å². The third kappa shape index (κ3) is 4.51. The van der Waals surface area contributed by atoms with Crippen molar-refractivity contribution in [1.82, 2.24) is 10.5 Å². The van der Waals surface area contributed by atoms with Crippen LogP contribution in [0.25, 0.3) is 0 Å². The van der Waals surface area contributed by atoms with Crippen LogP contribution in [-0.2, 0) is 11.2 Å². The van der Waals surface area contributed by atoms with E-state index in [4.69, 9.17) is 4.52 Å². The lowest BCUT2D eigenvalue weighted by Gasteiger charge is -2.20. The highest BCUT2D eigenvalue weighted by molar-refractivity contribution is 5.76.